The average Bonchev–Trinajstić information content (AvgIpc) is 2.86. The zero-order valence-electron chi connectivity index (χ0n) is 10.3. The van der Waals surface area contributed by atoms with E-state index in [0.717, 1.165) is 25.5 Å². The Hall–Kier alpha value is -1.14. The third-order valence-electron chi connectivity index (χ3n) is 3.00. The molecule has 104 valence electrons. The largest absolute Gasteiger partial charge is 0.462 e. The van der Waals surface area contributed by atoms with Gasteiger partial charge in [-0.2, -0.15) is 0 Å². The minimum absolute atomic E-state index is 0.0747. The minimum atomic E-state index is -0.567. The normalized spacial score (nSPS) is 18.5. The Morgan fingerprint density at radius 1 is 1.58 bits per heavy atom. The van der Waals surface area contributed by atoms with Crippen LogP contribution in [-0.2, 0) is 9.47 Å². The molecule has 0 radical (unpaired) electrons. The lowest BCUT2D eigenvalue weighted by molar-refractivity contribution is 0.0385. The van der Waals surface area contributed by atoms with Crippen LogP contribution in [0.25, 0.3) is 0 Å². The predicted molar refractivity (Wildman–Crippen MR) is 72.4 cm³/mol. The number of hydrogen-bond donors (Lipinski definition) is 1. The number of halogens is 2. The Morgan fingerprint density at radius 2 is 2.37 bits per heavy atom. The van der Waals surface area contributed by atoms with Crippen molar-refractivity contribution in [2.24, 2.45) is 0 Å². The zero-order chi connectivity index (χ0) is 13.8. The van der Waals surface area contributed by atoms with E-state index in [9.17, 15) is 9.18 Å². The lowest BCUT2D eigenvalue weighted by Crippen LogP contribution is -2.13. The average molecular weight is 332 g/mol. The van der Waals surface area contributed by atoms with Crippen molar-refractivity contribution in [2.45, 2.75) is 25.4 Å². The molecule has 1 aromatic carbocycles. The third-order valence-corrected chi connectivity index (χ3v) is 3.66. The number of carbonyl (C=O) groups excluding carboxylic acids is 1. The highest BCUT2D eigenvalue weighted by Gasteiger charge is 2.18. The Balaban J connectivity index is 1.90. The van der Waals surface area contributed by atoms with Crippen LogP contribution >= 0.6 is 15.9 Å². The van der Waals surface area contributed by atoms with Gasteiger partial charge in [0.2, 0.25) is 0 Å². The highest BCUT2D eigenvalue weighted by atomic mass is 79.9. The predicted octanol–water partition coefficient (Wildman–Crippen LogP) is 2.90. The minimum Gasteiger partial charge on any atom is -0.462 e. The first-order valence-electron chi connectivity index (χ1n) is 6.11. The molecule has 2 N–H and O–H groups in total. The van der Waals surface area contributed by atoms with Crippen molar-refractivity contribution >= 4 is 27.6 Å². The molecule has 1 heterocycles. The van der Waals surface area contributed by atoms with E-state index in [-0.39, 0.29) is 24.0 Å². The molecule has 0 spiro atoms. The Kier molecular flexibility index (Phi) is 4.76. The number of nitrogen functional groups attached to an aromatic ring is 1. The molecule has 6 heteroatoms. The molecule has 0 bridgehead atoms. The van der Waals surface area contributed by atoms with Crippen molar-refractivity contribution in [1.29, 1.82) is 0 Å². The highest BCUT2D eigenvalue weighted by molar-refractivity contribution is 9.10. The number of benzene rings is 1. The molecule has 1 fully saturated rings. The molecule has 0 aliphatic carbocycles. The topological polar surface area (TPSA) is 61.6 Å². The number of carbonyl (C=O) groups is 1. The number of hydrogen-bond acceptors (Lipinski definition) is 4. The molecule has 1 unspecified atom stereocenters. The van der Waals surface area contributed by atoms with Crippen LogP contribution in [-0.4, -0.2) is 25.3 Å². The smallest absolute Gasteiger partial charge is 0.339 e. The molecule has 0 amide bonds. The maximum absolute atomic E-state index is 13.2. The monoisotopic (exact) mass is 331 g/mol. The van der Waals surface area contributed by atoms with E-state index in [4.69, 9.17) is 15.2 Å². The van der Waals surface area contributed by atoms with Gasteiger partial charge < -0.3 is 15.2 Å². The fourth-order valence-electron chi connectivity index (χ4n) is 1.95. The van der Waals surface area contributed by atoms with Crippen LogP contribution in [0, 0.1) is 5.82 Å². The summed E-state index contributed by atoms with van der Waals surface area (Å²) >= 11 is 3.12. The summed E-state index contributed by atoms with van der Waals surface area (Å²) in [5.41, 5.74) is 5.59. The number of nitrogens with two attached hydrogens (primary N) is 1. The first kappa shape index (κ1) is 14.3. The lowest BCUT2D eigenvalue weighted by Gasteiger charge is -2.10. The van der Waals surface area contributed by atoms with E-state index < -0.39 is 11.8 Å². The van der Waals surface area contributed by atoms with Crippen molar-refractivity contribution < 1.29 is 18.7 Å². The van der Waals surface area contributed by atoms with Gasteiger partial charge in [0.25, 0.3) is 0 Å². The molecule has 19 heavy (non-hydrogen) atoms. The maximum Gasteiger partial charge on any atom is 0.339 e. The van der Waals surface area contributed by atoms with Crippen molar-refractivity contribution in [3.05, 3.63) is 28.0 Å². The van der Waals surface area contributed by atoms with Gasteiger partial charge in [0, 0.05) is 17.5 Å². The summed E-state index contributed by atoms with van der Waals surface area (Å²) in [6, 6.07) is 2.43. The summed E-state index contributed by atoms with van der Waals surface area (Å²) in [6.45, 7) is 1.06. The summed E-state index contributed by atoms with van der Waals surface area (Å²) in [5, 5.41) is 0. The number of rotatable bonds is 4. The fourth-order valence-corrected chi connectivity index (χ4v) is 2.43. The van der Waals surface area contributed by atoms with Gasteiger partial charge in [-0.3, -0.25) is 0 Å². The molecule has 0 saturated carbocycles. The standard InChI is InChI=1S/C13H15BrFNO3/c14-10-7-11(15)12(16)6-9(10)13(17)19-5-3-8-2-1-4-18-8/h6-8H,1-5,16H2. The fraction of sp³-hybridized carbons (Fsp3) is 0.462. The molecule has 1 saturated heterocycles. The SMILES string of the molecule is Nc1cc(C(=O)OCCC2CCCO2)c(Br)cc1F. The van der Waals surface area contributed by atoms with E-state index in [0.29, 0.717) is 10.9 Å². The van der Waals surface area contributed by atoms with Crippen LogP contribution in [0.3, 0.4) is 0 Å². The summed E-state index contributed by atoms with van der Waals surface area (Å²) in [7, 11) is 0. The molecule has 1 aliphatic rings. The van der Waals surface area contributed by atoms with Crippen LogP contribution < -0.4 is 5.73 Å². The third kappa shape index (κ3) is 3.67. The number of ether oxygens (including phenoxy) is 2. The van der Waals surface area contributed by atoms with Crippen LogP contribution in [0.15, 0.2) is 16.6 Å². The zero-order valence-corrected chi connectivity index (χ0v) is 11.9. The van der Waals surface area contributed by atoms with E-state index in [1.54, 1.807) is 0 Å². The molecule has 0 aromatic heterocycles. The molecule has 2 rings (SSSR count). The van der Waals surface area contributed by atoms with Crippen molar-refractivity contribution in [1.82, 2.24) is 0 Å². The van der Waals surface area contributed by atoms with Gasteiger partial charge in [-0.1, -0.05) is 0 Å². The van der Waals surface area contributed by atoms with E-state index in [2.05, 4.69) is 15.9 Å². The summed E-state index contributed by atoms with van der Waals surface area (Å²) in [4.78, 5) is 11.8. The van der Waals surface area contributed by atoms with Gasteiger partial charge in [-0.05, 0) is 40.9 Å². The molecular formula is C13H15BrFNO3. The van der Waals surface area contributed by atoms with E-state index in [1.807, 2.05) is 0 Å². The summed E-state index contributed by atoms with van der Waals surface area (Å²) in [5.74, 6) is -1.08. The van der Waals surface area contributed by atoms with Gasteiger partial charge in [0.15, 0.2) is 0 Å². The molecule has 1 aliphatic heterocycles. The van der Waals surface area contributed by atoms with Gasteiger partial charge in [-0.25, -0.2) is 9.18 Å². The van der Waals surface area contributed by atoms with Gasteiger partial charge >= 0.3 is 5.97 Å². The lowest BCUT2D eigenvalue weighted by atomic mass is 10.2. The van der Waals surface area contributed by atoms with Gasteiger partial charge in [-0.15, -0.1) is 0 Å². The van der Waals surface area contributed by atoms with Crippen LogP contribution in [0.1, 0.15) is 29.6 Å². The second-order valence-corrected chi connectivity index (χ2v) is 5.27. The van der Waals surface area contributed by atoms with Crippen molar-refractivity contribution in [3.8, 4) is 0 Å². The summed E-state index contributed by atoms with van der Waals surface area (Å²) in [6.07, 6.45) is 2.92. The van der Waals surface area contributed by atoms with Crippen molar-refractivity contribution in [3.63, 3.8) is 0 Å². The number of anilines is 1. The Bertz CT molecular complexity index is 475. The van der Waals surface area contributed by atoms with Crippen molar-refractivity contribution in [2.75, 3.05) is 18.9 Å². The van der Waals surface area contributed by atoms with E-state index in [1.165, 1.54) is 6.07 Å². The molecule has 4 nitrogen and oxygen atoms in total. The number of esters is 1. The second kappa shape index (κ2) is 6.34. The first-order chi connectivity index (χ1) is 9.08. The second-order valence-electron chi connectivity index (χ2n) is 4.41. The van der Waals surface area contributed by atoms with Crippen LogP contribution in [0.5, 0.6) is 0 Å². The quantitative estimate of drug-likeness (QED) is 0.680. The van der Waals surface area contributed by atoms with E-state index >= 15 is 0 Å². The molecule has 1 atom stereocenters. The molecular weight excluding hydrogens is 317 g/mol. The van der Waals surface area contributed by atoms with Crippen LogP contribution in [0.2, 0.25) is 0 Å². The van der Waals surface area contributed by atoms with Gasteiger partial charge in [0.05, 0.1) is 24.0 Å². The van der Waals surface area contributed by atoms with Crippen LogP contribution in [0.4, 0.5) is 10.1 Å². The Labute approximate surface area is 119 Å². The summed E-state index contributed by atoms with van der Waals surface area (Å²) < 4.78 is 24.1. The molecule has 1 aromatic rings. The maximum atomic E-state index is 13.2. The highest BCUT2D eigenvalue weighted by Crippen LogP contribution is 2.24. The Morgan fingerprint density at radius 3 is 3.05 bits per heavy atom. The first-order valence-corrected chi connectivity index (χ1v) is 6.90. The van der Waals surface area contributed by atoms with Gasteiger partial charge in [0.1, 0.15) is 5.82 Å².